The highest BCUT2D eigenvalue weighted by Gasteiger charge is 2.30. The number of nitrogens with zero attached hydrogens (tertiary/aromatic N) is 1. The number of hydrogen-bond acceptors (Lipinski definition) is 4. The van der Waals surface area contributed by atoms with Gasteiger partial charge in [-0.3, -0.25) is 9.52 Å². The van der Waals surface area contributed by atoms with Crippen molar-refractivity contribution in [3.63, 3.8) is 0 Å². The molecule has 0 saturated carbocycles. The molecule has 0 saturated heterocycles. The summed E-state index contributed by atoms with van der Waals surface area (Å²) in [6.45, 7) is 1.61. The molecule has 0 amide bonds. The second-order valence-corrected chi connectivity index (χ2v) is 9.77. The lowest BCUT2D eigenvalue weighted by Crippen LogP contribution is -2.18. The van der Waals surface area contributed by atoms with Crippen molar-refractivity contribution in [3.05, 3.63) is 83.2 Å². The Balaban J connectivity index is 1.75. The summed E-state index contributed by atoms with van der Waals surface area (Å²) in [4.78, 5) is 20.0. The maximum Gasteiger partial charge on any atom is 0.416 e. The highest BCUT2D eigenvalue weighted by atomic mass is 32.2. The summed E-state index contributed by atoms with van der Waals surface area (Å²) in [5.41, 5.74) is -1.58. The van der Waals surface area contributed by atoms with Gasteiger partial charge in [0.2, 0.25) is 15.8 Å². The fourth-order valence-electron chi connectivity index (χ4n) is 3.66. The Morgan fingerprint density at radius 2 is 1.75 bits per heavy atom. The molecule has 36 heavy (non-hydrogen) atoms. The number of benzene rings is 2. The highest BCUT2D eigenvalue weighted by Crippen LogP contribution is 2.33. The molecule has 2 aromatic heterocycles. The van der Waals surface area contributed by atoms with Crippen LogP contribution in [-0.2, 0) is 16.2 Å². The Labute approximate surface area is 202 Å². The van der Waals surface area contributed by atoms with Gasteiger partial charge in [-0.2, -0.15) is 13.2 Å². The van der Waals surface area contributed by atoms with Gasteiger partial charge in [0.15, 0.2) is 5.82 Å². The quantitative estimate of drug-likeness (QED) is 0.233. The summed E-state index contributed by atoms with van der Waals surface area (Å²) in [6.07, 6.45) is -1.68. The zero-order valence-corrected chi connectivity index (χ0v) is 19.4. The number of carbonyl (C=O) groups excluding carboxylic acids is 1. The number of rotatable bonds is 7. The molecule has 188 valence electrons. The first-order chi connectivity index (χ1) is 16.9. The zero-order valence-electron chi connectivity index (χ0n) is 18.6. The molecule has 0 unspecified atom stereocenters. The van der Waals surface area contributed by atoms with Crippen LogP contribution in [0.25, 0.3) is 22.2 Å². The molecule has 4 aromatic rings. The van der Waals surface area contributed by atoms with Crippen molar-refractivity contribution < 1.29 is 35.2 Å². The molecule has 0 aliphatic heterocycles. The minimum absolute atomic E-state index is 0.155. The third-order valence-electron chi connectivity index (χ3n) is 5.38. The van der Waals surface area contributed by atoms with E-state index in [2.05, 4.69) is 9.97 Å². The molecular weight excluding hydrogens is 505 g/mol. The number of H-pyrrole nitrogens is 1. The number of anilines is 1. The van der Waals surface area contributed by atoms with E-state index in [-0.39, 0.29) is 28.8 Å². The van der Waals surface area contributed by atoms with Gasteiger partial charge in [0.1, 0.15) is 11.5 Å². The average Bonchev–Trinajstić information content (AvgIpc) is 3.24. The Kier molecular flexibility index (Phi) is 6.56. The molecular formula is C24H18F5N3O3S. The maximum atomic E-state index is 15.1. The molecule has 0 aliphatic rings. The van der Waals surface area contributed by atoms with Crippen molar-refractivity contribution in [1.29, 1.82) is 0 Å². The summed E-state index contributed by atoms with van der Waals surface area (Å²) in [5, 5.41) is 0.174. The monoisotopic (exact) mass is 523 g/mol. The van der Waals surface area contributed by atoms with Crippen molar-refractivity contribution in [2.24, 2.45) is 0 Å². The van der Waals surface area contributed by atoms with Crippen LogP contribution in [-0.4, -0.2) is 29.9 Å². The standard InChI is InChI=1S/C24H18F5N3O3S/c1-2-9-36(34,35)32-19-8-7-18(25)20(21(19)26)22(33)17-12-31-23-16(17)10-14(11-30-23)13-3-5-15(6-4-13)24(27,28)29/h3-8,10-12,32H,2,9H2,1H3,(H,30,31). The van der Waals surface area contributed by atoms with Crippen molar-refractivity contribution in [2.75, 3.05) is 10.5 Å². The van der Waals surface area contributed by atoms with Crippen LogP contribution < -0.4 is 4.72 Å². The van der Waals surface area contributed by atoms with Crippen molar-refractivity contribution in [1.82, 2.24) is 9.97 Å². The number of carbonyl (C=O) groups is 1. The molecule has 0 atom stereocenters. The van der Waals surface area contributed by atoms with Gasteiger partial charge in [-0.05, 0) is 42.3 Å². The third-order valence-corrected chi connectivity index (χ3v) is 6.85. The number of aromatic nitrogens is 2. The molecule has 0 spiro atoms. The maximum absolute atomic E-state index is 15.1. The molecule has 0 aliphatic carbocycles. The molecule has 12 heteroatoms. The minimum Gasteiger partial charge on any atom is -0.345 e. The van der Waals surface area contributed by atoms with Crippen LogP contribution >= 0.6 is 0 Å². The molecule has 2 N–H and O–H groups in total. The van der Waals surface area contributed by atoms with E-state index in [1.165, 1.54) is 30.6 Å². The van der Waals surface area contributed by atoms with Gasteiger partial charge in [-0.1, -0.05) is 19.1 Å². The molecule has 2 heterocycles. The van der Waals surface area contributed by atoms with Crippen LogP contribution in [0.2, 0.25) is 0 Å². The van der Waals surface area contributed by atoms with E-state index in [9.17, 15) is 30.8 Å². The van der Waals surface area contributed by atoms with E-state index in [0.717, 1.165) is 24.3 Å². The first kappa shape index (κ1) is 25.3. The lowest BCUT2D eigenvalue weighted by Gasteiger charge is -2.11. The Morgan fingerprint density at radius 1 is 1.06 bits per heavy atom. The largest absolute Gasteiger partial charge is 0.416 e. The molecule has 0 bridgehead atoms. The van der Waals surface area contributed by atoms with Gasteiger partial charge in [0.05, 0.1) is 22.6 Å². The lowest BCUT2D eigenvalue weighted by atomic mass is 9.99. The number of sulfonamides is 1. The van der Waals surface area contributed by atoms with E-state index in [0.29, 0.717) is 11.1 Å². The lowest BCUT2D eigenvalue weighted by molar-refractivity contribution is -0.137. The van der Waals surface area contributed by atoms with Gasteiger partial charge in [0.25, 0.3) is 0 Å². The fourth-order valence-corrected chi connectivity index (χ4v) is 4.79. The first-order valence-corrected chi connectivity index (χ1v) is 12.2. The van der Waals surface area contributed by atoms with E-state index in [1.54, 1.807) is 6.92 Å². The zero-order chi connectivity index (χ0) is 26.3. The van der Waals surface area contributed by atoms with Crippen molar-refractivity contribution in [3.8, 4) is 11.1 Å². The second kappa shape index (κ2) is 9.34. The highest BCUT2D eigenvalue weighted by molar-refractivity contribution is 7.92. The van der Waals surface area contributed by atoms with Crippen LogP contribution in [0.4, 0.5) is 27.6 Å². The van der Waals surface area contributed by atoms with Gasteiger partial charge in [-0.15, -0.1) is 0 Å². The SMILES string of the molecule is CCCS(=O)(=O)Nc1ccc(F)c(C(=O)c2c[nH]c3ncc(-c4ccc(C(F)(F)F)cc4)cc23)c1F. The van der Waals surface area contributed by atoms with Crippen LogP contribution in [0.5, 0.6) is 0 Å². The summed E-state index contributed by atoms with van der Waals surface area (Å²) >= 11 is 0. The number of pyridine rings is 1. The smallest absolute Gasteiger partial charge is 0.345 e. The van der Waals surface area contributed by atoms with Gasteiger partial charge >= 0.3 is 6.18 Å². The summed E-state index contributed by atoms with van der Waals surface area (Å²) in [5.74, 6) is -3.94. The topological polar surface area (TPSA) is 91.9 Å². The molecule has 4 rings (SSSR count). The van der Waals surface area contributed by atoms with Crippen LogP contribution in [0, 0.1) is 11.6 Å². The molecule has 0 radical (unpaired) electrons. The Hall–Kier alpha value is -3.80. The number of halogens is 5. The molecule has 0 fully saturated rings. The van der Waals surface area contributed by atoms with E-state index >= 15 is 4.39 Å². The van der Waals surface area contributed by atoms with Gasteiger partial charge in [-0.25, -0.2) is 22.2 Å². The fraction of sp³-hybridized carbons (Fsp3) is 0.167. The van der Waals surface area contributed by atoms with Crippen LogP contribution in [0.3, 0.4) is 0 Å². The van der Waals surface area contributed by atoms with Crippen molar-refractivity contribution in [2.45, 2.75) is 19.5 Å². The number of ketones is 1. The summed E-state index contributed by atoms with van der Waals surface area (Å²) < 4.78 is 94.4. The van der Waals surface area contributed by atoms with Crippen LogP contribution in [0.1, 0.15) is 34.8 Å². The average molecular weight is 523 g/mol. The summed E-state index contributed by atoms with van der Waals surface area (Å²) in [7, 11) is -3.91. The predicted molar refractivity (Wildman–Crippen MR) is 124 cm³/mol. The Bertz CT molecular complexity index is 1560. The third kappa shape index (κ3) is 4.94. The predicted octanol–water partition coefficient (Wildman–Crippen LogP) is 5.91. The number of hydrogen-bond donors (Lipinski definition) is 2. The van der Waals surface area contributed by atoms with Crippen molar-refractivity contribution >= 4 is 32.5 Å². The second-order valence-electron chi connectivity index (χ2n) is 7.93. The first-order valence-electron chi connectivity index (χ1n) is 10.6. The van der Waals surface area contributed by atoms with Crippen LogP contribution in [0.15, 0.2) is 54.9 Å². The van der Waals surface area contributed by atoms with Gasteiger partial charge < -0.3 is 4.98 Å². The number of fused-ring (bicyclic) bond motifs is 1. The normalized spacial score (nSPS) is 12.2. The Morgan fingerprint density at radius 3 is 2.39 bits per heavy atom. The van der Waals surface area contributed by atoms with E-state index in [4.69, 9.17) is 0 Å². The van der Waals surface area contributed by atoms with E-state index < -0.39 is 50.4 Å². The van der Waals surface area contributed by atoms with E-state index in [1.807, 2.05) is 4.72 Å². The van der Waals surface area contributed by atoms with Gasteiger partial charge in [0, 0.05) is 28.9 Å². The summed E-state index contributed by atoms with van der Waals surface area (Å²) in [6, 6.07) is 7.40. The number of nitrogens with one attached hydrogen (secondary N) is 2. The number of aromatic amines is 1. The minimum atomic E-state index is -4.51. The molecule has 6 nitrogen and oxygen atoms in total. The number of alkyl halides is 3. The molecule has 2 aromatic carbocycles.